The Morgan fingerprint density at radius 3 is 2.31 bits per heavy atom. The molecule has 2 heteroatoms. The normalized spacial score (nSPS) is 13.3. The van der Waals surface area contributed by atoms with E-state index in [2.05, 4.69) is 66.2 Å². The molecule has 1 atom stereocenters. The molecule has 84 valence electrons. The zero-order chi connectivity index (χ0) is 11.7. The van der Waals surface area contributed by atoms with Crippen LogP contribution < -0.4 is 5.73 Å². The summed E-state index contributed by atoms with van der Waals surface area (Å²) in [4.78, 5) is 0. The van der Waals surface area contributed by atoms with Gasteiger partial charge in [-0.15, -0.1) is 0 Å². The first-order chi connectivity index (χ1) is 7.61. The van der Waals surface area contributed by atoms with Crippen molar-refractivity contribution >= 4 is 26.7 Å². The van der Waals surface area contributed by atoms with E-state index in [4.69, 9.17) is 5.73 Å². The minimum Gasteiger partial charge on any atom is -0.324 e. The Balaban J connectivity index is 2.67. The van der Waals surface area contributed by atoms with Gasteiger partial charge in [0.25, 0.3) is 0 Å². The van der Waals surface area contributed by atoms with Gasteiger partial charge in [-0.25, -0.2) is 0 Å². The summed E-state index contributed by atoms with van der Waals surface area (Å²) in [5.74, 6) is 0.449. The van der Waals surface area contributed by atoms with Crippen molar-refractivity contribution in [1.29, 1.82) is 0 Å². The zero-order valence-corrected chi connectivity index (χ0v) is 11.2. The highest BCUT2D eigenvalue weighted by Crippen LogP contribution is 2.30. The fourth-order valence-electron chi connectivity index (χ4n) is 1.95. The quantitative estimate of drug-likeness (QED) is 0.872. The summed E-state index contributed by atoms with van der Waals surface area (Å²) in [7, 11) is 0. The number of nitrogens with two attached hydrogens (primary N) is 1. The Morgan fingerprint density at radius 1 is 1.00 bits per heavy atom. The molecule has 2 aromatic carbocycles. The van der Waals surface area contributed by atoms with Crippen LogP contribution in [0.3, 0.4) is 0 Å². The highest BCUT2D eigenvalue weighted by Gasteiger charge is 2.13. The molecule has 0 spiro atoms. The summed E-state index contributed by atoms with van der Waals surface area (Å²) in [6.45, 7) is 4.31. The van der Waals surface area contributed by atoms with Crippen LogP contribution in [0, 0.1) is 5.92 Å². The Kier molecular flexibility index (Phi) is 3.31. The van der Waals surface area contributed by atoms with Gasteiger partial charge in [0.2, 0.25) is 0 Å². The summed E-state index contributed by atoms with van der Waals surface area (Å²) in [6, 6.07) is 12.7. The Hall–Kier alpha value is -0.860. The third kappa shape index (κ3) is 2.00. The molecule has 2 aromatic rings. The van der Waals surface area contributed by atoms with Crippen molar-refractivity contribution in [1.82, 2.24) is 0 Å². The molecule has 0 radical (unpaired) electrons. The molecule has 0 aliphatic heterocycles. The lowest BCUT2D eigenvalue weighted by atomic mass is 9.92. The van der Waals surface area contributed by atoms with Crippen LogP contribution in [0.25, 0.3) is 10.8 Å². The highest BCUT2D eigenvalue weighted by molar-refractivity contribution is 9.10. The molecular weight excluding hydrogens is 262 g/mol. The Bertz CT molecular complexity index is 505. The molecule has 0 saturated carbocycles. The molecule has 2 N–H and O–H groups in total. The van der Waals surface area contributed by atoms with Crippen molar-refractivity contribution < 1.29 is 0 Å². The molecule has 0 bridgehead atoms. The van der Waals surface area contributed by atoms with Gasteiger partial charge in [0.1, 0.15) is 0 Å². The molecule has 1 unspecified atom stereocenters. The average molecular weight is 278 g/mol. The van der Waals surface area contributed by atoms with Crippen LogP contribution in [0.15, 0.2) is 40.9 Å². The molecule has 0 heterocycles. The van der Waals surface area contributed by atoms with Gasteiger partial charge in [-0.05, 0) is 28.3 Å². The smallest absolute Gasteiger partial charge is 0.0324 e. The number of benzene rings is 2. The standard InChI is InChI=1S/C14H16BrN/c1-9(2)14(16)12-7-3-6-11-10(12)5-4-8-13(11)15/h3-9,14H,16H2,1-2H3. The lowest BCUT2D eigenvalue weighted by molar-refractivity contribution is 0.517. The first kappa shape index (κ1) is 11.6. The van der Waals surface area contributed by atoms with E-state index in [0.717, 1.165) is 4.47 Å². The van der Waals surface area contributed by atoms with Crippen LogP contribution >= 0.6 is 15.9 Å². The molecule has 0 saturated heterocycles. The topological polar surface area (TPSA) is 26.0 Å². The van der Waals surface area contributed by atoms with E-state index >= 15 is 0 Å². The van der Waals surface area contributed by atoms with E-state index in [1.54, 1.807) is 0 Å². The molecule has 0 fully saturated rings. The van der Waals surface area contributed by atoms with Crippen LogP contribution in [-0.4, -0.2) is 0 Å². The van der Waals surface area contributed by atoms with Crippen molar-refractivity contribution in [2.75, 3.05) is 0 Å². The Morgan fingerprint density at radius 2 is 1.62 bits per heavy atom. The molecule has 1 nitrogen and oxygen atoms in total. The maximum atomic E-state index is 6.24. The highest BCUT2D eigenvalue weighted by atomic mass is 79.9. The van der Waals surface area contributed by atoms with Crippen LogP contribution in [0.4, 0.5) is 0 Å². The van der Waals surface area contributed by atoms with E-state index in [0.29, 0.717) is 5.92 Å². The SMILES string of the molecule is CC(C)C(N)c1cccc2c(Br)cccc12. The van der Waals surface area contributed by atoms with Crippen LogP contribution in [0.5, 0.6) is 0 Å². The minimum absolute atomic E-state index is 0.0954. The fourth-order valence-corrected chi connectivity index (χ4v) is 2.44. The van der Waals surface area contributed by atoms with Crippen LogP contribution in [-0.2, 0) is 0 Å². The van der Waals surface area contributed by atoms with E-state index in [-0.39, 0.29) is 6.04 Å². The van der Waals surface area contributed by atoms with Gasteiger partial charge in [-0.1, -0.05) is 60.1 Å². The third-order valence-corrected chi connectivity index (χ3v) is 3.67. The Labute approximate surface area is 105 Å². The summed E-state index contributed by atoms with van der Waals surface area (Å²) < 4.78 is 1.13. The molecule has 0 aliphatic rings. The predicted octanol–water partition coefficient (Wildman–Crippen LogP) is 4.26. The van der Waals surface area contributed by atoms with Gasteiger partial charge < -0.3 is 5.73 Å². The van der Waals surface area contributed by atoms with Crippen molar-refractivity contribution in [2.45, 2.75) is 19.9 Å². The maximum absolute atomic E-state index is 6.24. The second-order valence-corrected chi connectivity index (χ2v) is 5.31. The number of rotatable bonds is 2. The summed E-state index contributed by atoms with van der Waals surface area (Å²) >= 11 is 3.58. The number of hydrogen-bond donors (Lipinski definition) is 1. The van der Waals surface area contributed by atoms with Crippen molar-refractivity contribution in [2.24, 2.45) is 11.7 Å². The fraction of sp³-hybridized carbons (Fsp3) is 0.286. The maximum Gasteiger partial charge on any atom is 0.0324 e. The van der Waals surface area contributed by atoms with E-state index in [9.17, 15) is 0 Å². The first-order valence-corrected chi connectivity index (χ1v) is 6.33. The molecule has 2 rings (SSSR count). The van der Waals surface area contributed by atoms with Crippen molar-refractivity contribution in [3.05, 3.63) is 46.4 Å². The number of hydrogen-bond acceptors (Lipinski definition) is 1. The minimum atomic E-state index is 0.0954. The second-order valence-electron chi connectivity index (χ2n) is 4.45. The third-order valence-electron chi connectivity index (χ3n) is 2.98. The number of halogens is 1. The van der Waals surface area contributed by atoms with Gasteiger partial charge >= 0.3 is 0 Å². The number of fused-ring (bicyclic) bond motifs is 1. The molecule has 0 aliphatic carbocycles. The van der Waals surface area contributed by atoms with E-state index in [1.807, 2.05) is 0 Å². The monoisotopic (exact) mass is 277 g/mol. The van der Waals surface area contributed by atoms with Crippen LogP contribution in [0.2, 0.25) is 0 Å². The summed E-state index contributed by atoms with van der Waals surface area (Å²) in [5.41, 5.74) is 7.47. The van der Waals surface area contributed by atoms with E-state index < -0.39 is 0 Å². The summed E-state index contributed by atoms with van der Waals surface area (Å²) in [6.07, 6.45) is 0. The molecule has 0 aromatic heterocycles. The summed E-state index contributed by atoms with van der Waals surface area (Å²) in [5, 5.41) is 2.48. The van der Waals surface area contributed by atoms with E-state index in [1.165, 1.54) is 16.3 Å². The van der Waals surface area contributed by atoms with Gasteiger partial charge in [0.05, 0.1) is 0 Å². The zero-order valence-electron chi connectivity index (χ0n) is 9.57. The average Bonchev–Trinajstić information content (AvgIpc) is 2.28. The largest absolute Gasteiger partial charge is 0.324 e. The first-order valence-electron chi connectivity index (χ1n) is 5.54. The predicted molar refractivity (Wildman–Crippen MR) is 73.4 cm³/mol. The lowest BCUT2D eigenvalue weighted by Crippen LogP contribution is -2.16. The van der Waals surface area contributed by atoms with Gasteiger partial charge in [-0.2, -0.15) is 0 Å². The molecular formula is C14H16BrN. The second kappa shape index (κ2) is 4.56. The molecule has 0 amide bonds. The van der Waals surface area contributed by atoms with Crippen LogP contribution in [0.1, 0.15) is 25.5 Å². The van der Waals surface area contributed by atoms with Crippen molar-refractivity contribution in [3.8, 4) is 0 Å². The van der Waals surface area contributed by atoms with Crippen molar-refractivity contribution in [3.63, 3.8) is 0 Å². The van der Waals surface area contributed by atoms with Gasteiger partial charge in [0, 0.05) is 10.5 Å². The molecule has 16 heavy (non-hydrogen) atoms. The lowest BCUT2D eigenvalue weighted by Gasteiger charge is -2.18. The van der Waals surface area contributed by atoms with Gasteiger partial charge in [0.15, 0.2) is 0 Å². The van der Waals surface area contributed by atoms with Gasteiger partial charge in [-0.3, -0.25) is 0 Å².